The smallest absolute Gasteiger partial charge is 0.417 e. The van der Waals surface area contributed by atoms with Gasteiger partial charge in [0.1, 0.15) is 5.60 Å². The second-order valence-electron chi connectivity index (χ2n) is 9.19. The number of carbonyl (C=O) groups is 2. The number of ether oxygens (including phenoxy) is 1. The summed E-state index contributed by atoms with van der Waals surface area (Å²) in [5.74, 6) is -0.801. The molecule has 3 aliphatic rings. The highest BCUT2D eigenvalue weighted by Crippen LogP contribution is 2.43. The van der Waals surface area contributed by atoms with Crippen LogP contribution in [-0.2, 0) is 33.5 Å². The van der Waals surface area contributed by atoms with Gasteiger partial charge in [-0.15, -0.1) is 0 Å². The highest BCUT2D eigenvalue weighted by atomic mass is 19.4. The minimum atomic E-state index is -4.49. The first-order valence-corrected chi connectivity index (χ1v) is 11.6. The number of pyridine rings is 1. The summed E-state index contributed by atoms with van der Waals surface area (Å²) in [7, 11) is 0. The Morgan fingerprint density at radius 1 is 1.21 bits per heavy atom. The van der Waals surface area contributed by atoms with Crippen molar-refractivity contribution in [3.63, 3.8) is 0 Å². The molecule has 4 heterocycles. The highest BCUT2D eigenvalue weighted by molar-refractivity contribution is 6.07. The molecule has 1 aromatic rings. The number of rotatable bonds is 4. The Labute approximate surface area is 191 Å². The van der Waals surface area contributed by atoms with Crippen molar-refractivity contribution >= 4 is 11.9 Å². The van der Waals surface area contributed by atoms with Crippen molar-refractivity contribution < 1.29 is 27.5 Å². The van der Waals surface area contributed by atoms with Gasteiger partial charge in [0.2, 0.25) is 0 Å². The lowest BCUT2D eigenvalue weighted by molar-refractivity contribution is -0.152. The Bertz CT molecular complexity index is 977. The van der Waals surface area contributed by atoms with Gasteiger partial charge in [-0.1, -0.05) is 13.8 Å². The number of alkyl halides is 3. The second kappa shape index (κ2) is 8.74. The number of fused-ring (bicyclic) bond motifs is 1. The summed E-state index contributed by atoms with van der Waals surface area (Å²) in [5.41, 5.74) is -0.123. The Hall–Kier alpha value is -2.42. The number of hydrogen-bond donors (Lipinski definition) is 0. The number of piperidine rings is 1. The summed E-state index contributed by atoms with van der Waals surface area (Å²) < 4.78 is 45.2. The van der Waals surface area contributed by atoms with E-state index in [9.17, 15) is 22.8 Å². The first-order chi connectivity index (χ1) is 15.6. The molecule has 0 bridgehead atoms. The van der Waals surface area contributed by atoms with E-state index < -0.39 is 23.3 Å². The summed E-state index contributed by atoms with van der Waals surface area (Å²) >= 11 is 0. The van der Waals surface area contributed by atoms with Gasteiger partial charge >= 0.3 is 12.1 Å². The van der Waals surface area contributed by atoms with Crippen LogP contribution in [0.2, 0.25) is 0 Å². The molecule has 0 saturated carbocycles. The molecule has 0 N–H and O–H groups in total. The topological polar surface area (TPSA) is 62.7 Å². The van der Waals surface area contributed by atoms with Gasteiger partial charge in [0.15, 0.2) is 0 Å². The molecule has 0 radical (unpaired) electrons. The maximum atomic E-state index is 13.6. The molecule has 4 rings (SSSR count). The number of esters is 1. The third-order valence-corrected chi connectivity index (χ3v) is 7.36. The van der Waals surface area contributed by atoms with Crippen LogP contribution in [0.4, 0.5) is 13.2 Å². The number of amides is 1. The minimum Gasteiger partial charge on any atom is -0.450 e. The van der Waals surface area contributed by atoms with Crippen molar-refractivity contribution in [3.8, 4) is 0 Å². The first-order valence-electron chi connectivity index (χ1n) is 11.6. The molecule has 9 heteroatoms. The molecule has 6 nitrogen and oxygen atoms in total. The van der Waals surface area contributed by atoms with Crippen LogP contribution in [0, 0.1) is 0 Å². The predicted octanol–water partition coefficient (Wildman–Crippen LogP) is 3.88. The van der Waals surface area contributed by atoms with Crippen LogP contribution in [0.3, 0.4) is 0 Å². The van der Waals surface area contributed by atoms with Gasteiger partial charge in [0.05, 0.1) is 11.1 Å². The number of carbonyl (C=O) groups excluding carboxylic acids is 2. The van der Waals surface area contributed by atoms with Crippen LogP contribution in [0.1, 0.15) is 63.3 Å². The van der Waals surface area contributed by atoms with E-state index in [0.29, 0.717) is 54.3 Å². The van der Waals surface area contributed by atoms with Crippen LogP contribution in [0.5, 0.6) is 0 Å². The van der Waals surface area contributed by atoms with Gasteiger partial charge < -0.3 is 14.5 Å². The van der Waals surface area contributed by atoms with Gasteiger partial charge in [0.25, 0.3) is 5.91 Å². The highest BCUT2D eigenvalue weighted by Gasteiger charge is 2.52. The molecule has 1 amide bonds. The molecule has 0 unspecified atom stereocenters. The van der Waals surface area contributed by atoms with Crippen LogP contribution < -0.4 is 0 Å². The zero-order chi connectivity index (χ0) is 24.0. The normalized spacial score (nSPS) is 21.1. The summed E-state index contributed by atoms with van der Waals surface area (Å²) in [6.45, 7) is 7.74. The average Bonchev–Trinajstić information content (AvgIpc) is 3.03. The van der Waals surface area contributed by atoms with Crippen molar-refractivity contribution in [1.29, 1.82) is 0 Å². The third-order valence-electron chi connectivity index (χ3n) is 7.36. The van der Waals surface area contributed by atoms with Gasteiger partial charge in [0, 0.05) is 68.9 Å². The van der Waals surface area contributed by atoms with E-state index >= 15 is 0 Å². The van der Waals surface area contributed by atoms with E-state index in [2.05, 4.69) is 23.7 Å². The fraction of sp³-hybridized carbons (Fsp3) is 0.625. The Morgan fingerprint density at radius 2 is 1.88 bits per heavy atom. The van der Waals surface area contributed by atoms with Crippen molar-refractivity contribution in [3.05, 3.63) is 40.2 Å². The van der Waals surface area contributed by atoms with Gasteiger partial charge in [-0.2, -0.15) is 13.2 Å². The number of likely N-dealkylation sites (tertiary alicyclic amines) is 1. The van der Waals surface area contributed by atoms with Crippen molar-refractivity contribution in [1.82, 2.24) is 14.8 Å². The zero-order valence-corrected chi connectivity index (χ0v) is 19.3. The molecule has 1 aromatic heterocycles. The molecule has 180 valence electrons. The maximum absolute atomic E-state index is 13.6. The maximum Gasteiger partial charge on any atom is 0.417 e. The predicted molar refractivity (Wildman–Crippen MR) is 115 cm³/mol. The molecule has 1 saturated heterocycles. The minimum absolute atomic E-state index is 0.0337. The summed E-state index contributed by atoms with van der Waals surface area (Å²) in [4.78, 5) is 34.0. The third kappa shape index (κ3) is 4.27. The molecule has 1 fully saturated rings. The van der Waals surface area contributed by atoms with E-state index in [1.54, 1.807) is 6.92 Å². The number of aromatic nitrogens is 1. The van der Waals surface area contributed by atoms with E-state index in [4.69, 9.17) is 4.74 Å². The lowest BCUT2D eigenvalue weighted by Crippen LogP contribution is -2.52. The number of hydrogen-bond acceptors (Lipinski definition) is 5. The molecule has 1 spiro atoms. The molecule has 33 heavy (non-hydrogen) atoms. The SMILES string of the molecule is CCC(CC)N1CCC2(CC1)OC(=O)C(C)=C2C(=O)N1CCc2ncc(C(F)(F)F)cc2C1. The van der Waals surface area contributed by atoms with Crippen molar-refractivity contribution in [2.45, 2.75) is 77.2 Å². The molecule has 0 aliphatic carbocycles. The number of nitrogens with zero attached hydrogens (tertiary/aromatic N) is 3. The largest absolute Gasteiger partial charge is 0.450 e. The van der Waals surface area contributed by atoms with Gasteiger partial charge in [-0.05, 0) is 31.4 Å². The fourth-order valence-electron chi connectivity index (χ4n) is 5.42. The van der Waals surface area contributed by atoms with E-state index in [-0.39, 0.29) is 12.5 Å². The molecular weight excluding hydrogens is 435 g/mol. The molecular formula is C24H30F3N3O3. The van der Waals surface area contributed by atoms with Crippen molar-refractivity contribution in [2.75, 3.05) is 19.6 Å². The number of halogens is 3. The second-order valence-corrected chi connectivity index (χ2v) is 9.19. The van der Waals surface area contributed by atoms with E-state index in [0.717, 1.165) is 38.2 Å². The Kier molecular flexibility index (Phi) is 6.28. The molecule has 0 aromatic carbocycles. The lowest BCUT2D eigenvalue weighted by Gasteiger charge is -2.43. The molecule has 3 aliphatic heterocycles. The van der Waals surface area contributed by atoms with E-state index in [1.807, 2.05) is 0 Å². The van der Waals surface area contributed by atoms with Crippen LogP contribution in [0.25, 0.3) is 0 Å². The average molecular weight is 466 g/mol. The van der Waals surface area contributed by atoms with Crippen molar-refractivity contribution in [2.24, 2.45) is 0 Å². The van der Waals surface area contributed by atoms with Gasteiger partial charge in [-0.25, -0.2) is 4.79 Å². The van der Waals surface area contributed by atoms with Gasteiger partial charge in [-0.3, -0.25) is 9.78 Å². The monoisotopic (exact) mass is 465 g/mol. The quantitative estimate of drug-likeness (QED) is 0.632. The fourth-order valence-corrected chi connectivity index (χ4v) is 5.42. The standard InChI is InChI=1S/C24H30F3N3O3/c1-4-18(5-2)29-10-7-23(8-11-29)20(15(3)22(32)33-23)21(31)30-9-6-19-16(14-30)12-17(13-28-19)24(25,26)27/h12-13,18H,4-11,14H2,1-3H3. The Balaban J connectivity index is 1.56. The zero-order valence-electron chi connectivity index (χ0n) is 19.3. The lowest BCUT2D eigenvalue weighted by atomic mass is 9.81. The molecule has 0 atom stereocenters. The van der Waals surface area contributed by atoms with Crippen LogP contribution >= 0.6 is 0 Å². The van der Waals surface area contributed by atoms with E-state index in [1.165, 1.54) is 4.90 Å². The summed E-state index contributed by atoms with van der Waals surface area (Å²) in [6.07, 6.45) is -0.136. The summed E-state index contributed by atoms with van der Waals surface area (Å²) in [6, 6.07) is 1.53. The van der Waals surface area contributed by atoms with Crippen LogP contribution in [-0.4, -0.2) is 57.9 Å². The first kappa shape index (κ1) is 23.7. The van der Waals surface area contributed by atoms with Crippen LogP contribution in [0.15, 0.2) is 23.4 Å². The summed E-state index contributed by atoms with van der Waals surface area (Å²) in [5, 5.41) is 0. The Morgan fingerprint density at radius 3 is 2.48 bits per heavy atom.